The fraction of sp³-hybridized carbons (Fsp3) is 0.0625. The van der Waals surface area contributed by atoms with Gasteiger partial charge in [-0.3, -0.25) is 9.20 Å². The standard InChI is InChI=1S/C16H9Cl2N5O3S/c1-27-15-19-5-7-12(21-15)22-6-10(14(25)26)20-16(22)23(13(7)24)11-8(17)3-2-4-9(11)18/h2-6H,1H3,(H,25,26). The van der Waals surface area contributed by atoms with Gasteiger partial charge in [0.05, 0.1) is 15.7 Å². The van der Waals surface area contributed by atoms with Crippen molar-refractivity contribution in [3.63, 3.8) is 0 Å². The number of hydrogen-bond donors (Lipinski definition) is 1. The second kappa shape index (κ2) is 6.52. The molecule has 3 heterocycles. The van der Waals surface area contributed by atoms with Crippen LogP contribution in [-0.4, -0.2) is 41.3 Å². The van der Waals surface area contributed by atoms with Crippen LogP contribution in [0.15, 0.2) is 40.5 Å². The van der Waals surface area contributed by atoms with E-state index in [0.717, 1.165) is 0 Å². The number of halogens is 2. The van der Waals surface area contributed by atoms with E-state index >= 15 is 0 Å². The van der Waals surface area contributed by atoms with Crippen molar-refractivity contribution in [2.24, 2.45) is 0 Å². The average Bonchev–Trinajstić information content (AvgIpc) is 3.09. The number of benzene rings is 1. The van der Waals surface area contributed by atoms with E-state index in [-0.39, 0.29) is 38.2 Å². The summed E-state index contributed by atoms with van der Waals surface area (Å²) in [5.41, 5.74) is -0.311. The molecular formula is C16H9Cl2N5O3S. The summed E-state index contributed by atoms with van der Waals surface area (Å²) in [4.78, 5) is 37.2. The molecule has 3 aromatic heterocycles. The van der Waals surface area contributed by atoms with E-state index in [1.807, 2.05) is 0 Å². The summed E-state index contributed by atoms with van der Waals surface area (Å²) in [7, 11) is 0. The predicted molar refractivity (Wildman–Crippen MR) is 103 cm³/mol. The number of imidazole rings is 1. The Morgan fingerprint density at radius 1 is 1.22 bits per heavy atom. The van der Waals surface area contributed by atoms with Gasteiger partial charge in [-0.25, -0.2) is 24.3 Å². The monoisotopic (exact) mass is 421 g/mol. The number of aromatic carboxylic acids is 1. The Morgan fingerprint density at radius 3 is 2.56 bits per heavy atom. The summed E-state index contributed by atoms with van der Waals surface area (Å²) < 4.78 is 2.59. The Balaban J connectivity index is 2.26. The predicted octanol–water partition coefficient (Wildman–Crippen LogP) is 3.16. The summed E-state index contributed by atoms with van der Waals surface area (Å²) >= 11 is 13.8. The van der Waals surface area contributed by atoms with Crippen LogP contribution in [0.5, 0.6) is 0 Å². The van der Waals surface area contributed by atoms with Gasteiger partial charge in [0.15, 0.2) is 16.5 Å². The molecule has 136 valence electrons. The number of nitrogens with zero attached hydrogens (tertiary/aromatic N) is 5. The van der Waals surface area contributed by atoms with Crippen LogP contribution in [-0.2, 0) is 0 Å². The number of para-hydroxylation sites is 1. The summed E-state index contributed by atoms with van der Waals surface area (Å²) in [6, 6.07) is 4.79. The maximum atomic E-state index is 13.2. The van der Waals surface area contributed by atoms with E-state index in [4.69, 9.17) is 23.2 Å². The van der Waals surface area contributed by atoms with E-state index in [9.17, 15) is 14.7 Å². The van der Waals surface area contributed by atoms with Gasteiger partial charge >= 0.3 is 5.97 Å². The minimum absolute atomic E-state index is 0.0330. The molecule has 4 rings (SSSR count). The highest BCUT2D eigenvalue weighted by Crippen LogP contribution is 2.29. The minimum Gasteiger partial charge on any atom is -0.476 e. The molecule has 4 aromatic rings. The molecule has 1 N–H and O–H groups in total. The highest BCUT2D eigenvalue weighted by atomic mass is 35.5. The number of carboxylic acids is 1. The van der Waals surface area contributed by atoms with Crippen LogP contribution in [0, 0.1) is 0 Å². The lowest BCUT2D eigenvalue weighted by molar-refractivity contribution is 0.0691. The molecule has 0 bridgehead atoms. The summed E-state index contributed by atoms with van der Waals surface area (Å²) in [6.45, 7) is 0. The minimum atomic E-state index is -1.24. The van der Waals surface area contributed by atoms with Crippen molar-refractivity contribution in [2.75, 3.05) is 6.26 Å². The van der Waals surface area contributed by atoms with E-state index in [0.29, 0.717) is 5.16 Å². The number of carbonyl (C=O) groups is 1. The van der Waals surface area contributed by atoms with Crippen molar-refractivity contribution < 1.29 is 9.90 Å². The lowest BCUT2D eigenvalue weighted by atomic mass is 10.3. The third-order valence-electron chi connectivity index (χ3n) is 3.86. The van der Waals surface area contributed by atoms with Gasteiger partial charge < -0.3 is 5.11 Å². The van der Waals surface area contributed by atoms with Gasteiger partial charge in [-0.15, -0.1) is 0 Å². The van der Waals surface area contributed by atoms with Crippen molar-refractivity contribution in [1.82, 2.24) is 23.9 Å². The number of hydrogen-bond acceptors (Lipinski definition) is 6. The Kier molecular flexibility index (Phi) is 4.29. The van der Waals surface area contributed by atoms with Crippen molar-refractivity contribution in [3.8, 4) is 5.69 Å². The van der Waals surface area contributed by atoms with Crippen LogP contribution in [0.3, 0.4) is 0 Å². The number of carboxylic acid groups (broad SMARTS) is 1. The molecule has 0 aliphatic rings. The van der Waals surface area contributed by atoms with Crippen LogP contribution in [0.25, 0.3) is 22.5 Å². The number of rotatable bonds is 3. The van der Waals surface area contributed by atoms with Crippen molar-refractivity contribution in [1.29, 1.82) is 0 Å². The van der Waals surface area contributed by atoms with Gasteiger partial charge in [0.25, 0.3) is 5.56 Å². The molecule has 0 aliphatic heterocycles. The van der Waals surface area contributed by atoms with Crippen LogP contribution in [0.4, 0.5) is 0 Å². The molecule has 0 saturated heterocycles. The molecular weight excluding hydrogens is 413 g/mol. The molecule has 0 spiro atoms. The van der Waals surface area contributed by atoms with Gasteiger partial charge in [0.1, 0.15) is 5.39 Å². The van der Waals surface area contributed by atoms with E-state index in [1.54, 1.807) is 24.5 Å². The molecule has 0 fully saturated rings. The molecule has 0 amide bonds. The molecule has 0 atom stereocenters. The quantitative estimate of drug-likeness (QED) is 0.400. The Hall–Kier alpha value is -2.62. The van der Waals surface area contributed by atoms with Crippen LogP contribution < -0.4 is 5.56 Å². The van der Waals surface area contributed by atoms with E-state index < -0.39 is 11.5 Å². The number of fused-ring (bicyclic) bond motifs is 3. The zero-order valence-corrected chi connectivity index (χ0v) is 15.9. The van der Waals surface area contributed by atoms with Crippen LogP contribution in [0.2, 0.25) is 10.0 Å². The normalized spacial score (nSPS) is 11.4. The maximum absolute atomic E-state index is 13.2. The van der Waals surface area contributed by atoms with E-state index in [2.05, 4.69) is 15.0 Å². The van der Waals surface area contributed by atoms with Crippen molar-refractivity contribution >= 4 is 57.7 Å². The average molecular weight is 422 g/mol. The van der Waals surface area contributed by atoms with Gasteiger partial charge in [-0.05, 0) is 18.4 Å². The van der Waals surface area contributed by atoms with Crippen LogP contribution >= 0.6 is 35.0 Å². The number of aromatic nitrogens is 5. The summed E-state index contributed by atoms with van der Waals surface area (Å²) in [5, 5.41) is 10.4. The van der Waals surface area contributed by atoms with Crippen LogP contribution in [0.1, 0.15) is 10.5 Å². The third kappa shape index (κ3) is 2.75. The zero-order chi connectivity index (χ0) is 19.3. The molecule has 27 heavy (non-hydrogen) atoms. The van der Waals surface area contributed by atoms with Gasteiger partial charge in [0.2, 0.25) is 5.78 Å². The van der Waals surface area contributed by atoms with Crippen molar-refractivity contribution in [2.45, 2.75) is 5.16 Å². The molecule has 0 unspecified atom stereocenters. The van der Waals surface area contributed by atoms with Gasteiger partial charge in [-0.1, -0.05) is 41.0 Å². The Morgan fingerprint density at radius 2 is 1.93 bits per heavy atom. The lowest BCUT2D eigenvalue weighted by Gasteiger charge is -2.13. The highest BCUT2D eigenvalue weighted by Gasteiger charge is 2.21. The van der Waals surface area contributed by atoms with Gasteiger partial charge in [0, 0.05) is 12.4 Å². The summed E-state index contributed by atoms with van der Waals surface area (Å²) in [5.74, 6) is -1.21. The molecule has 0 aliphatic carbocycles. The molecule has 1 aromatic carbocycles. The summed E-state index contributed by atoms with van der Waals surface area (Å²) in [6.07, 6.45) is 4.47. The van der Waals surface area contributed by atoms with Gasteiger partial charge in [-0.2, -0.15) is 0 Å². The van der Waals surface area contributed by atoms with Crippen molar-refractivity contribution in [3.05, 3.63) is 56.7 Å². The first kappa shape index (κ1) is 17.8. The maximum Gasteiger partial charge on any atom is 0.356 e. The smallest absolute Gasteiger partial charge is 0.356 e. The molecule has 0 saturated carbocycles. The number of thioether (sulfide) groups is 1. The Labute approximate surface area is 165 Å². The largest absolute Gasteiger partial charge is 0.476 e. The Bertz CT molecular complexity index is 1280. The fourth-order valence-corrected chi connectivity index (χ4v) is 3.59. The molecule has 0 radical (unpaired) electrons. The highest BCUT2D eigenvalue weighted by molar-refractivity contribution is 7.98. The second-order valence-electron chi connectivity index (χ2n) is 5.41. The second-order valence-corrected chi connectivity index (χ2v) is 6.99. The SMILES string of the molecule is CSc1ncc2c(=O)n(-c3c(Cl)cccc3Cl)c3nc(C(=O)O)cn3c2n1. The third-order valence-corrected chi connectivity index (χ3v) is 5.03. The molecule has 8 nitrogen and oxygen atoms in total. The lowest BCUT2D eigenvalue weighted by Crippen LogP contribution is -2.23. The first-order chi connectivity index (χ1) is 12.9. The zero-order valence-electron chi connectivity index (χ0n) is 13.6. The topological polar surface area (TPSA) is 102 Å². The van der Waals surface area contributed by atoms with E-state index in [1.165, 1.54) is 33.1 Å². The first-order valence-electron chi connectivity index (χ1n) is 7.45. The fourth-order valence-electron chi connectivity index (χ4n) is 2.69. The molecule has 11 heteroatoms. The first-order valence-corrected chi connectivity index (χ1v) is 9.43.